The number of fused-ring (bicyclic) bond motifs is 1. The number of rotatable bonds is 7. The average molecular weight is 589 g/mol. The molecule has 0 bridgehead atoms. The number of benzene rings is 2. The van der Waals surface area contributed by atoms with Gasteiger partial charge in [0.25, 0.3) is 5.91 Å². The Hall–Kier alpha value is -2.36. The second-order valence-corrected chi connectivity index (χ2v) is 12.8. The van der Waals surface area contributed by atoms with E-state index in [-0.39, 0.29) is 35.5 Å². The zero-order valence-corrected chi connectivity index (χ0v) is 24.6. The topological polar surface area (TPSA) is 96.0 Å². The van der Waals surface area contributed by atoms with Crippen LogP contribution in [0.2, 0.25) is 10.0 Å². The SMILES string of the molecule is CC(C)C1=C(C(=O)[N+]2(CCO)CCC[C@H]2C(N)=O)SC2=N[C@@](C)(c3ccc(Cl)cc3)[C@@H](c3ccc(Cl)cc3)N21. The van der Waals surface area contributed by atoms with Crippen molar-refractivity contribution in [3.8, 4) is 0 Å². The number of carbonyl (C=O) groups is 2. The molecular formula is C29H33Cl2N4O3S+. The van der Waals surface area contributed by atoms with Gasteiger partial charge in [-0.1, -0.05) is 61.3 Å². The van der Waals surface area contributed by atoms with E-state index in [9.17, 15) is 14.7 Å². The van der Waals surface area contributed by atoms with Crippen LogP contribution in [0.25, 0.3) is 0 Å². The lowest BCUT2D eigenvalue weighted by molar-refractivity contribution is -0.855. The minimum Gasteiger partial charge on any atom is -0.390 e. The van der Waals surface area contributed by atoms with Crippen molar-refractivity contribution in [1.29, 1.82) is 0 Å². The number of primary amides is 1. The van der Waals surface area contributed by atoms with Crippen LogP contribution in [-0.4, -0.2) is 57.2 Å². The fourth-order valence-corrected chi connectivity index (χ4v) is 8.09. The minimum absolute atomic E-state index is 0.0182. The molecule has 206 valence electrons. The first-order chi connectivity index (χ1) is 18.5. The summed E-state index contributed by atoms with van der Waals surface area (Å²) >= 11 is 13.8. The molecule has 5 rings (SSSR count). The highest BCUT2D eigenvalue weighted by molar-refractivity contribution is 8.18. The summed E-state index contributed by atoms with van der Waals surface area (Å²) < 4.78 is -0.147. The second kappa shape index (κ2) is 10.6. The van der Waals surface area contributed by atoms with E-state index in [0.717, 1.165) is 22.0 Å². The number of aliphatic hydroxyl groups is 1. The summed E-state index contributed by atoms with van der Waals surface area (Å²) in [4.78, 5) is 34.9. The predicted octanol–water partition coefficient (Wildman–Crippen LogP) is 5.22. The van der Waals surface area contributed by atoms with Gasteiger partial charge in [0.05, 0.1) is 19.2 Å². The minimum atomic E-state index is -0.670. The Morgan fingerprint density at radius 2 is 1.77 bits per heavy atom. The molecule has 0 aromatic heterocycles. The molecule has 4 atom stereocenters. The number of hydrogen-bond acceptors (Lipinski definition) is 6. The van der Waals surface area contributed by atoms with E-state index < -0.39 is 17.5 Å². The van der Waals surface area contributed by atoms with Crippen LogP contribution in [0.3, 0.4) is 0 Å². The van der Waals surface area contributed by atoms with Crippen molar-refractivity contribution in [3.63, 3.8) is 0 Å². The van der Waals surface area contributed by atoms with Crippen molar-refractivity contribution >= 4 is 51.9 Å². The normalized spacial score (nSPS) is 28.3. The number of likely N-dealkylation sites (tertiary alicyclic amines) is 1. The van der Waals surface area contributed by atoms with Crippen molar-refractivity contribution in [2.45, 2.75) is 51.2 Å². The predicted molar refractivity (Wildman–Crippen MR) is 156 cm³/mol. The molecule has 3 N–H and O–H groups in total. The Labute approximate surface area is 243 Å². The smallest absolute Gasteiger partial charge is 0.355 e. The van der Waals surface area contributed by atoms with E-state index >= 15 is 0 Å². The number of allylic oxidation sites excluding steroid dienone is 1. The second-order valence-electron chi connectivity index (χ2n) is 10.9. The molecule has 0 spiro atoms. The maximum absolute atomic E-state index is 14.4. The first-order valence-corrected chi connectivity index (χ1v) is 14.7. The standard InChI is InChI=1S/C29H32Cl2N4O3S/c1-17(2)23-24(27(38)35(15-16-36)14-4-5-22(35)26(32)37)39-28-33-29(3,19-8-12-21(31)13-9-19)25(34(23)28)18-6-10-20(30)11-7-18/h6-13,17,22,25,36H,4-5,14-16H2,1-3H3,(H-,32,37)/p+1/t22-,25+,29-,35?/m0/s1. The molecule has 3 aliphatic heterocycles. The van der Waals surface area contributed by atoms with E-state index in [2.05, 4.69) is 25.7 Å². The summed E-state index contributed by atoms with van der Waals surface area (Å²) in [5.74, 6) is -0.689. The summed E-state index contributed by atoms with van der Waals surface area (Å²) in [5.41, 5.74) is 7.99. The Kier molecular flexibility index (Phi) is 7.63. The van der Waals surface area contributed by atoms with Crippen molar-refractivity contribution in [2.75, 3.05) is 19.7 Å². The zero-order chi connectivity index (χ0) is 28.1. The molecular weight excluding hydrogens is 555 g/mol. The van der Waals surface area contributed by atoms with Gasteiger partial charge in [-0.15, -0.1) is 0 Å². The molecule has 3 aliphatic rings. The van der Waals surface area contributed by atoms with Crippen LogP contribution >= 0.6 is 35.0 Å². The van der Waals surface area contributed by atoms with Crippen LogP contribution in [0.1, 0.15) is 50.8 Å². The van der Waals surface area contributed by atoms with Gasteiger partial charge in [0.1, 0.15) is 17.0 Å². The van der Waals surface area contributed by atoms with Gasteiger partial charge < -0.3 is 15.7 Å². The highest BCUT2D eigenvalue weighted by Gasteiger charge is 2.58. The summed E-state index contributed by atoms with van der Waals surface area (Å²) in [6, 6.07) is 14.6. The van der Waals surface area contributed by atoms with E-state index in [0.29, 0.717) is 34.3 Å². The Bertz CT molecular complexity index is 1360. The molecule has 10 heteroatoms. The Morgan fingerprint density at radius 1 is 1.15 bits per heavy atom. The Morgan fingerprint density at radius 3 is 2.33 bits per heavy atom. The lowest BCUT2D eigenvalue weighted by atomic mass is 9.81. The highest BCUT2D eigenvalue weighted by atomic mass is 35.5. The van der Waals surface area contributed by atoms with Crippen LogP contribution in [-0.2, 0) is 15.1 Å². The van der Waals surface area contributed by atoms with E-state index in [4.69, 9.17) is 33.9 Å². The van der Waals surface area contributed by atoms with Gasteiger partial charge >= 0.3 is 5.91 Å². The number of amides is 2. The number of aliphatic hydroxyl groups excluding tert-OH is 1. The van der Waals surface area contributed by atoms with Gasteiger partial charge in [0.2, 0.25) is 0 Å². The summed E-state index contributed by atoms with van der Waals surface area (Å²) in [5, 5.41) is 12.0. The summed E-state index contributed by atoms with van der Waals surface area (Å²) in [6.45, 7) is 6.64. The molecule has 1 fully saturated rings. The summed E-state index contributed by atoms with van der Waals surface area (Å²) in [7, 11) is 0. The molecule has 2 aromatic carbocycles. The van der Waals surface area contributed by atoms with Crippen LogP contribution in [0.15, 0.2) is 64.1 Å². The monoisotopic (exact) mass is 587 g/mol. The van der Waals surface area contributed by atoms with Gasteiger partial charge in [0.15, 0.2) is 11.2 Å². The number of thioether (sulfide) groups is 1. The van der Waals surface area contributed by atoms with Crippen molar-refractivity contribution < 1.29 is 19.2 Å². The van der Waals surface area contributed by atoms with Gasteiger partial charge in [0, 0.05) is 28.6 Å². The first kappa shape index (κ1) is 28.2. The highest BCUT2D eigenvalue weighted by Crippen LogP contribution is 2.56. The third-order valence-electron chi connectivity index (χ3n) is 8.23. The molecule has 0 aliphatic carbocycles. The number of hydrogen-bond donors (Lipinski definition) is 2. The quantitative estimate of drug-likeness (QED) is 0.433. The molecule has 7 nitrogen and oxygen atoms in total. The molecule has 1 saturated heterocycles. The number of carbonyl (C=O) groups excluding carboxylic acids is 2. The largest absolute Gasteiger partial charge is 0.390 e. The number of halogens is 2. The molecule has 1 unspecified atom stereocenters. The average Bonchev–Trinajstić information content (AvgIpc) is 3.55. The number of amidine groups is 1. The number of nitrogens with zero attached hydrogens (tertiary/aromatic N) is 3. The fraction of sp³-hybridized carbons (Fsp3) is 0.414. The first-order valence-electron chi connectivity index (χ1n) is 13.2. The molecule has 3 heterocycles. The number of aliphatic imine (C=N–C) groups is 1. The molecule has 2 aromatic rings. The maximum Gasteiger partial charge on any atom is 0.355 e. The van der Waals surface area contributed by atoms with Gasteiger partial charge in [-0.3, -0.25) is 4.79 Å². The number of nitrogens with two attached hydrogens (primary N) is 1. The zero-order valence-electron chi connectivity index (χ0n) is 22.2. The molecule has 0 radical (unpaired) electrons. The third kappa shape index (κ3) is 4.60. The van der Waals surface area contributed by atoms with Crippen molar-refractivity contribution in [1.82, 2.24) is 4.90 Å². The van der Waals surface area contributed by atoms with Crippen molar-refractivity contribution in [3.05, 3.63) is 80.3 Å². The van der Waals surface area contributed by atoms with Gasteiger partial charge in [-0.05, 0) is 60.0 Å². The Balaban J connectivity index is 1.67. The van der Waals surface area contributed by atoms with E-state index in [1.165, 1.54) is 11.8 Å². The van der Waals surface area contributed by atoms with Crippen molar-refractivity contribution in [2.24, 2.45) is 16.6 Å². The lowest BCUT2D eigenvalue weighted by Gasteiger charge is -2.38. The third-order valence-corrected chi connectivity index (χ3v) is 9.79. The van der Waals surface area contributed by atoms with Crippen LogP contribution in [0.5, 0.6) is 0 Å². The van der Waals surface area contributed by atoms with Gasteiger partial charge in [-0.2, -0.15) is 0 Å². The van der Waals surface area contributed by atoms with Crippen LogP contribution in [0.4, 0.5) is 0 Å². The van der Waals surface area contributed by atoms with E-state index in [1.54, 1.807) is 0 Å². The molecule has 2 amide bonds. The van der Waals surface area contributed by atoms with Crippen LogP contribution < -0.4 is 5.73 Å². The molecule has 39 heavy (non-hydrogen) atoms. The lowest BCUT2D eigenvalue weighted by Crippen LogP contribution is -2.61. The maximum atomic E-state index is 14.4. The summed E-state index contributed by atoms with van der Waals surface area (Å²) in [6.07, 6.45) is 1.23. The van der Waals surface area contributed by atoms with Crippen LogP contribution in [0, 0.1) is 5.92 Å². The fourth-order valence-electron chi connectivity index (χ4n) is 6.41. The molecule has 0 saturated carbocycles. The number of quaternary nitrogens is 1. The van der Waals surface area contributed by atoms with E-state index in [1.807, 2.05) is 48.5 Å². The van der Waals surface area contributed by atoms with Gasteiger partial charge in [-0.25, -0.2) is 14.3 Å².